The van der Waals surface area contributed by atoms with Crippen LogP contribution >= 0.6 is 0 Å². The first-order valence-corrected chi connectivity index (χ1v) is 13.5. The second-order valence-corrected chi connectivity index (χ2v) is 10.3. The van der Waals surface area contributed by atoms with Crippen LogP contribution in [-0.2, 0) is 28.0 Å². The number of carbonyl (C=O) groups is 1. The van der Waals surface area contributed by atoms with E-state index in [0.717, 1.165) is 56.1 Å². The Morgan fingerprint density at radius 1 is 1.12 bits per heavy atom. The molecule has 11 nitrogen and oxygen atoms in total. The largest absolute Gasteiger partial charge is 0.496 e. The molecule has 2 aliphatic rings. The van der Waals surface area contributed by atoms with E-state index < -0.39 is 11.4 Å². The number of anilines is 2. The van der Waals surface area contributed by atoms with E-state index in [1.165, 1.54) is 6.33 Å². The predicted octanol–water partition coefficient (Wildman–Crippen LogP) is 2.18. The molecule has 2 aromatic carbocycles. The summed E-state index contributed by atoms with van der Waals surface area (Å²) in [7, 11) is 3.49. The van der Waals surface area contributed by atoms with Gasteiger partial charge >= 0.3 is 0 Å². The highest BCUT2D eigenvalue weighted by molar-refractivity contribution is 5.99. The molecule has 0 radical (unpaired) electrons. The number of morpholine rings is 1. The number of benzene rings is 2. The number of ether oxygens (including phenoxy) is 2. The number of likely N-dealkylation sites (N-methyl/N-ethyl adjacent to an activating group) is 1. The summed E-state index contributed by atoms with van der Waals surface area (Å²) in [6, 6.07) is 13.7. The van der Waals surface area contributed by atoms with Gasteiger partial charge in [-0.1, -0.05) is 30.3 Å². The van der Waals surface area contributed by atoms with Crippen molar-refractivity contribution in [2.45, 2.75) is 24.9 Å². The van der Waals surface area contributed by atoms with E-state index in [-0.39, 0.29) is 0 Å². The average molecular weight is 543 g/mol. The van der Waals surface area contributed by atoms with Crippen molar-refractivity contribution >= 4 is 28.4 Å². The lowest BCUT2D eigenvalue weighted by molar-refractivity contribution is -0.123. The number of nitrogens with zero attached hydrogens (tertiary/aromatic N) is 6. The number of amides is 1. The molecule has 0 saturated carbocycles. The fourth-order valence-corrected chi connectivity index (χ4v) is 6.09. The van der Waals surface area contributed by atoms with Crippen LogP contribution in [-0.4, -0.2) is 77.6 Å². The summed E-state index contributed by atoms with van der Waals surface area (Å²) in [5, 5.41) is 5.63. The summed E-state index contributed by atoms with van der Waals surface area (Å²) < 4.78 is 13.2. The highest BCUT2D eigenvalue weighted by atomic mass is 16.5. The van der Waals surface area contributed by atoms with Crippen LogP contribution in [0.5, 0.6) is 5.75 Å². The molecular formula is C29H34N8O3. The average Bonchev–Trinajstić information content (AvgIpc) is 3.50. The van der Waals surface area contributed by atoms with Crippen molar-refractivity contribution in [3.63, 3.8) is 0 Å². The molecule has 6 rings (SSSR count). The number of nitrogens with two attached hydrogens (primary N) is 2. The Morgan fingerprint density at radius 2 is 1.93 bits per heavy atom. The van der Waals surface area contributed by atoms with Gasteiger partial charge in [-0.15, -0.1) is 0 Å². The summed E-state index contributed by atoms with van der Waals surface area (Å²) in [5.74, 6) is 0.466. The zero-order valence-electron chi connectivity index (χ0n) is 22.8. The summed E-state index contributed by atoms with van der Waals surface area (Å²) >= 11 is 0. The molecule has 40 heavy (non-hydrogen) atoms. The molecule has 1 amide bonds. The number of aryl methyl sites for hydroxylation is 1. The van der Waals surface area contributed by atoms with Crippen molar-refractivity contribution in [1.82, 2.24) is 24.6 Å². The number of methoxy groups -OCH3 is 1. The first-order valence-electron chi connectivity index (χ1n) is 13.5. The van der Waals surface area contributed by atoms with Gasteiger partial charge in [0.05, 0.1) is 25.7 Å². The van der Waals surface area contributed by atoms with Gasteiger partial charge in [0.1, 0.15) is 23.6 Å². The van der Waals surface area contributed by atoms with E-state index in [0.29, 0.717) is 46.8 Å². The maximum atomic E-state index is 13.1. The summed E-state index contributed by atoms with van der Waals surface area (Å²) in [4.78, 5) is 26.2. The normalized spacial score (nSPS) is 19.2. The van der Waals surface area contributed by atoms with Crippen LogP contribution in [0.1, 0.15) is 17.5 Å². The second kappa shape index (κ2) is 10.4. The Hall–Kier alpha value is -4.22. The molecule has 4 heterocycles. The number of rotatable bonds is 8. The van der Waals surface area contributed by atoms with Crippen LogP contribution in [0.4, 0.5) is 11.5 Å². The lowest BCUT2D eigenvalue weighted by Gasteiger charge is -2.36. The van der Waals surface area contributed by atoms with E-state index in [2.05, 4.69) is 14.9 Å². The first kappa shape index (κ1) is 26.0. The van der Waals surface area contributed by atoms with Crippen LogP contribution in [0, 0.1) is 0 Å². The number of para-hydroxylation sites is 1. The molecule has 1 fully saturated rings. The zero-order chi connectivity index (χ0) is 27.9. The third kappa shape index (κ3) is 4.22. The smallest absolute Gasteiger partial charge is 0.248 e. The van der Waals surface area contributed by atoms with E-state index in [1.54, 1.807) is 7.11 Å². The van der Waals surface area contributed by atoms with Gasteiger partial charge in [-0.05, 0) is 24.1 Å². The highest BCUT2D eigenvalue weighted by Crippen LogP contribution is 2.47. The fraction of sp³-hybridized carbons (Fsp3) is 0.379. The van der Waals surface area contributed by atoms with E-state index in [4.69, 9.17) is 26.0 Å². The number of carbonyl (C=O) groups excluding carboxylic acids is 1. The van der Waals surface area contributed by atoms with Gasteiger partial charge in [-0.3, -0.25) is 9.69 Å². The summed E-state index contributed by atoms with van der Waals surface area (Å²) in [6.07, 6.45) is 2.83. The quantitative estimate of drug-likeness (QED) is 0.343. The third-order valence-electron chi connectivity index (χ3n) is 8.21. The summed E-state index contributed by atoms with van der Waals surface area (Å²) in [6.45, 7) is 5.07. The number of hydrogen-bond donors (Lipinski definition) is 2. The molecule has 11 heteroatoms. The standard InChI is InChI=1S/C29H34N8O3/c1-35-22-7-4-3-6-20(22)17-29(35,28(31)38)21-9-8-19(16-23(21)39-2)25-24-26(30)32-18-33-27(24)37(34-25)11-5-10-36-12-14-40-15-13-36/h3-4,6-9,16,18H,5,10-15,17H2,1-2H3,(H2,31,38)(H2,30,32,33). The number of fused-ring (bicyclic) bond motifs is 2. The molecule has 4 N–H and O–H groups in total. The van der Waals surface area contributed by atoms with Gasteiger partial charge in [-0.25, -0.2) is 14.6 Å². The molecule has 1 atom stereocenters. The minimum absolute atomic E-state index is 0.363. The van der Waals surface area contributed by atoms with Crippen LogP contribution in [0.3, 0.4) is 0 Å². The second-order valence-electron chi connectivity index (χ2n) is 10.3. The van der Waals surface area contributed by atoms with Crippen molar-refractivity contribution in [1.29, 1.82) is 0 Å². The maximum Gasteiger partial charge on any atom is 0.248 e. The lowest BCUT2D eigenvalue weighted by Crippen LogP contribution is -2.52. The molecule has 0 bridgehead atoms. The lowest BCUT2D eigenvalue weighted by atomic mass is 9.84. The van der Waals surface area contributed by atoms with Gasteiger partial charge in [0.15, 0.2) is 11.2 Å². The van der Waals surface area contributed by atoms with E-state index in [9.17, 15) is 4.79 Å². The molecule has 1 unspecified atom stereocenters. The van der Waals surface area contributed by atoms with Crippen LogP contribution in [0.2, 0.25) is 0 Å². The Morgan fingerprint density at radius 3 is 2.67 bits per heavy atom. The van der Waals surface area contributed by atoms with Crippen LogP contribution in [0.25, 0.3) is 22.3 Å². The Balaban J connectivity index is 1.37. The molecule has 2 aromatic heterocycles. The van der Waals surface area contributed by atoms with Gasteiger partial charge < -0.3 is 25.8 Å². The number of aromatic nitrogens is 4. The van der Waals surface area contributed by atoms with Gasteiger partial charge in [0.25, 0.3) is 0 Å². The molecule has 2 aliphatic heterocycles. The number of primary amides is 1. The van der Waals surface area contributed by atoms with Gasteiger partial charge in [0, 0.05) is 56.5 Å². The van der Waals surface area contributed by atoms with Crippen LogP contribution < -0.4 is 21.1 Å². The summed E-state index contributed by atoms with van der Waals surface area (Å²) in [5.41, 5.74) is 16.2. The van der Waals surface area contributed by atoms with Crippen molar-refractivity contribution in [3.05, 3.63) is 59.9 Å². The Kier molecular flexibility index (Phi) is 6.77. The fourth-order valence-electron chi connectivity index (χ4n) is 6.09. The molecule has 1 saturated heterocycles. The van der Waals surface area contributed by atoms with Crippen molar-refractivity contribution in [3.8, 4) is 17.0 Å². The van der Waals surface area contributed by atoms with Gasteiger partial charge in [0.2, 0.25) is 5.91 Å². The minimum Gasteiger partial charge on any atom is -0.496 e. The number of hydrogen-bond acceptors (Lipinski definition) is 9. The maximum absolute atomic E-state index is 13.1. The molecule has 0 aliphatic carbocycles. The SMILES string of the molecule is COc1cc(-c2nn(CCCN3CCOCC3)c3ncnc(N)c23)ccc1C1(C(N)=O)Cc2ccccc2N1C. The Labute approximate surface area is 232 Å². The van der Waals surface area contributed by atoms with Crippen molar-refractivity contribution in [2.24, 2.45) is 5.73 Å². The first-order chi connectivity index (χ1) is 19.4. The van der Waals surface area contributed by atoms with Crippen LogP contribution in [0.15, 0.2) is 48.8 Å². The Bertz CT molecular complexity index is 1560. The van der Waals surface area contributed by atoms with Crippen molar-refractivity contribution in [2.75, 3.05) is 57.6 Å². The molecule has 4 aromatic rings. The van der Waals surface area contributed by atoms with Gasteiger partial charge in [-0.2, -0.15) is 5.10 Å². The zero-order valence-corrected chi connectivity index (χ0v) is 22.8. The monoisotopic (exact) mass is 542 g/mol. The van der Waals surface area contributed by atoms with E-state index >= 15 is 0 Å². The third-order valence-corrected chi connectivity index (χ3v) is 8.21. The molecule has 0 spiro atoms. The minimum atomic E-state index is -1.09. The van der Waals surface area contributed by atoms with E-state index in [1.807, 2.05) is 59.1 Å². The predicted molar refractivity (Wildman–Crippen MR) is 153 cm³/mol. The molecule has 208 valence electrons. The topological polar surface area (TPSA) is 138 Å². The number of nitrogen functional groups attached to an aromatic ring is 1. The highest BCUT2D eigenvalue weighted by Gasteiger charge is 2.50. The van der Waals surface area contributed by atoms with Crippen molar-refractivity contribution < 1.29 is 14.3 Å². The molecular weight excluding hydrogens is 508 g/mol.